The number of methoxy groups -OCH3 is 1. The van der Waals surface area contributed by atoms with Crippen LogP contribution >= 0.6 is 0 Å². The van der Waals surface area contributed by atoms with Gasteiger partial charge in [-0.05, 0) is 58.9 Å². The van der Waals surface area contributed by atoms with Gasteiger partial charge < -0.3 is 34.2 Å². The van der Waals surface area contributed by atoms with Crippen molar-refractivity contribution in [1.29, 1.82) is 0 Å². The summed E-state index contributed by atoms with van der Waals surface area (Å²) in [6.07, 6.45) is 0.749. The summed E-state index contributed by atoms with van der Waals surface area (Å²) in [4.78, 5) is 25.9. The third kappa shape index (κ3) is 5.71. The van der Waals surface area contributed by atoms with Crippen LogP contribution < -0.4 is 15.0 Å². The molecular formula is C29H37FN6O5. The fourth-order valence-corrected chi connectivity index (χ4v) is 5.92. The molecule has 2 atom stereocenters. The van der Waals surface area contributed by atoms with E-state index in [1.165, 1.54) is 19.2 Å². The Morgan fingerprint density at radius 3 is 2.71 bits per heavy atom. The molecule has 2 aliphatic rings. The van der Waals surface area contributed by atoms with Crippen molar-refractivity contribution in [3.8, 4) is 28.4 Å². The van der Waals surface area contributed by atoms with Crippen LogP contribution in [-0.4, -0.2) is 90.8 Å². The number of aliphatic hydroxyl groups excluding tert-OH is 1. The molecule has 2 aromatic heterocycles. The van der Waals surface area contributed by atoms with Crippen LogP contribution in [0.25, 0.3) is 22.6 Å². The zero-order valence-corrected chi connectivity index (χ0v) is 24.2. The lowest BCUT2D eigenvalue weighted by Crippen LogP contribution is -2.34. The molecule has 0 bridgehead atoms. The number of aromatic nitrogens is 3. The zero-order chi connectivity index (χ0) is 29.3. The summed E-state index contributed by atoms with van der Waals surface area (Å²) in [6.45, 7) is 8.77. The number of nitrogens with one attached hydrogen (secondary N) is 1. The van der Waals surface area contributed by atoms with E-state index in [2.05, 4.69) is 15.4 Å². The first-order valence-electron chi connectivity index (χ1n) is 13.8. The molecule has 0 radical (unpaired) electrons. The minimum Gasteiger partial charge on any atom is -0.491 e. The lowest BCUT2D eigenvalue weighted by atomic mass is 9.86. The summed E-state index contributed by atoms with van der Waals surface area (Å²) in [7, 11) is 3.14. The van der Waals surface area contributed by atoms with E-state index in [1.807, 2.05) is 20.8 Å². The Morgan fingerprint density at radius 1 is 1.22 bits per heavy atom. The molecule has 2 fully saturated rings. The maximum absolute atomic E-state index is 15.3. The number of anilines is 1. The van der Waals surface area contributed by atoms with E-state index in [0.717, 1.165) is 30.5 Å². The third-order valence-electron chi connectivity index (χ3n) is 8.06. The van der Waals surface area contributed by atoms with Crippen LogP contribution in [0.4, 0.5) is 15.0 Å². The van der Waals surface area contributed by atoms with Gasteiger partial charge in [-0.1, -0.05) is 5.16 Å². The van der Waals surface area contributed by atoms with E-state index in [0.29, 0.717) is 54.9 Å². The summed E-state index contributed by atoms with van der Waals surface area (Å²) in [5, 5.41) is 17.1. The first kappa shape index (κ1) is 28.7. The van der Waals surface area contributed by atoms with Crippen molar-refractivity contribution >= 4 is 11.9 Å². The Hall–Kier alpha value is -3.77. The summed E-state index contributed by atoms with van der Waals surface area (Å²) in [6, 6.07) is 4.40. The molecule has 3 aromatic rings. The van der Waals surface area contributed by atoms with Gasteiger partial charge in [0.15, 0.2) is 5.82 Å². The summed E-state index contributed by atoms with van der Waals surface area (Å²) < 4.78 is 31.5. The number of rotatable bonds is 8. The number of aliphatic hydroxyl groups is 1. The highest BCUT2D eigenvalue weighted by Gasteiger charge is 2.46. The molecule has 12 heteroatoms. The van der Waals surface area contributed by atoms with Crippen molar-refractivity contribution in [2.45, 2.75) is 39.7 Å². The van der Waals surface area contributed by atoms with Crippen molar-refractivity contribution < 1.29 is 28.3 Å². The van der Waals surface area contributed by atoms with Crippen LogP contribution in [0.5, 0.6) is 5.75 Å². The molecule has 1 spiro atoms. The summed E-state index contributed by atoms with van der Waals surface area (Å²) >= 11 is 0. The molecule has 4 heterocycles. The van der Waals surface area contributed by atoms with Crippen molar-refractivity contribution in [1.82, 2.24) is 25.3 Å². The van der Waals surface area contributed by atoms with Gasteiger partial charge in [-0.3, -0.25) is 0 Å². The molecule has 0 aliphatic carbocycles. The third-order valence-corrected chi connectivity index (χ3v) is 8.06. The number of hydrogen-bond donors (Lipinski definition) is 2. The Bertz CT molecular complexity index is 1410. The average Bonchev–Trinajstić information content (AvgIpc) is 3.67. The first-order chi connectivity index (χ1) is 19.6. The van der Waals surface area contributed by atoms with Crippen LogP contribution in [0.2, 0.25) is 0 Å². The van der Waals surface area contributed by atoms with E-state index in [9.17, 15) is 9.90 Å². The first-order valence-corrected chi connectivity index (χ1v) is 13.8. The highest BCUT2D eigenvalue weighted by molar-refractivity contribution is 5.75. The quantitative estimate of drug-likeness (QED) is 0.417. The summed E-state index contributed by atoms with van der Waals surface area (Å²) in [5.74, 6) is 1.43. The second-order valence-electron chi connectivity index (χ2n) is 11.0. The van der Waals surface area contributed by atoms with Crippen LogP contribution in [-0.2, 0) is 4.74 Å². The van der Waals surface area contributed by atoms with Gasteiger partial charge in [-0.2, -0.15) is 0 Å². The number of carbonyl (C=O) groups is 1. The molecule has 2 saturated heterocycles. The number of carbonyl (C=O) groups excluding carboxylic acids is 1. The smallest absolute Gasteiger partial charge is 0.409 e. The minimum atomic E-state index is -0.713. The van der Waals surface area contributed by atoms with Gasteiger partial charge in [0.2, 0.25) is 0 Å². The Labute approximate surface area is 238 Å². The highest BCUT2D eigenvalue weighted by Crippen LogP contribution is 2.43. The number of halogens is 1. The number of likely N-dealkylation sites (tertiary alicyclic amines) is 1. The van der Waals surface area contributed by atoms with E-state index in [4.69, 9.17) is 24.0 Å². The minimum absolute atomic E-state index is 0.0503. The molecule has 5 rings (SSSR count). The van der Waals surface area contributed by atoms with Gasteiger partial charge >= 0.3 is 6.09 Å². The molecule has 2 N–H and O–H groups in total. The zero-order valence-electron chi connectivity index (χ0n) is 24.2. The Balaban J connectivity index is 1.54. The SMILES string of the molecule is CNC[C@H](O)COc1ccc(F)c(-c2nc(-c3c(C)noc3C)c(C)c(N3CCC4(CCN(C(=O)OC)C4)C3)n2)c1. The van der Waals surface area contributed by atoms with E-state index >= 15 is 4.39 Å². The molecule has 2 aliphatic heterocycles. The maximum atomic E-state index is 15.3. The molecule has 1 unspecified atom stereocenters. The van der Waals surface area contributed by atoms with Crippen LogP contribution in [0, 0.1) is 32.0 Å². The Morgan fingerprint density at radius 2 is 2.00 bits per heavy atom. The lowest BCUT2D eigenvalue weighted by molar-refractivity contribution is 0.108. The predicted molar refractivity (Wildman–Crippen MR) is 150 cm³/mol. The molecule has 1 amide bonds. The molecule has 220 valence electrons. The number of benzene rings is 1. The molecule has 11 nitrogen and oxygen atoms in total. The standard InChI is InChI=1S/C29H37FN6O5/c1-17-25(24-18(2)34-41-19(24)3)32-26(22-12-21(6-7-23(22)30)40-14-20(37)13-31-4)33-27(17)35-10-8-29(15-35)9-11-36(16-29)28(38)39-5/h6-7,12,20,31,37H,8-11,13-16H2,1-5H3/t20-,29?/m0/s1. The highest BCUT2D eigenvalue weighted by atomic mass is 19.1. The largest absolute Gasteiger partial charge is 0.491 e. The molecular weight excluding hydrogens is 531 g/mol. The normalized spacial score (nSPS) is 19.3. The van der Waals surface area contributed by atoms with Gasteiger partial charge in [0.25, 0.3) is 0 Å². The van der Waals surface area contributed by atoms with E-state index in [-0.39, 0.29) is 29.5 Å². The van der Waals surface area contributed by atoms with Crippen LogP contribution in [0.15, 0.2) is 22.7 Å². The van der Waals surface area contributed by atoms with Crippen molar-refractivity contribution in [3.63, 3.8) is 0 Å². The van der Waals surface area contributed by atoms with E-state index < -0.39 is 11.9 Å². The predicted octanol–water partition coefficient (Wildman–Crippen LogP) is 3.49. The lowest BCUT2D eigenvalue weighted by Gasteiger charge is -2.26. The van der Waals surface area contributed by atoms with Gasteiger partial charge in [0.1, 0.15) is 35.9 Å². The van der Waals surface area contributed by atoms with Gasteiger partial charge in [-0.15, -0.1) is 0 Å². The maximum Gasteiger partial charge on any atom is 0.409 e. The number of aryl methyl sites for hydroxylation is 2. The second kappa shape index (κ2) is 11.6. The second-order valence-corrected chi connectivity index (χ2v) is 11.0. The van der Waals surface area contributed by atoms with Gasteiger partial charge in [-0.25, -0.2) is 19.2 Å². The fraction of sp³-hybridized carbons (Fsp3) is 0.517. The number of amides is 1. The van der Waals surface area contributed by atoms with Gasteiger partial charge in [0, 0.05) is 43.7 Å². The van der Waals surface area contributed by atoms with Crippen molar-refractivity contribution in [2.24, 2.45) is 5.41 Å². The van der Waals surface area contributed by atoms with Crippen molar-refractivity contribution in [2.75, 3.05) is 58.4 Å². The number of hydrogen-bond acceptors (Lipinski definition) is 10. The van der Waals surface area contributed by atoms with Crippen molar-refractivity contribution in [3.05, 3.63) is 41.0 Å². The Kier molecular flexibility index (Phi) is 8.14. The molecule has 41 heavy (non-hydrogen) atoms. The fourth-order valence-electron chi connectivity index (χ4n) is 5.92. The topological polar surface area (TPSA) is 126 Å². The van der Waals surface area contributed by atoms with Gasteiger partial charge in [0.05, 0.1) is 29.6 Å². The molecule has 0 saturated carbocycles. The van der Waals surface area contributed by atoms with E-state index in [1.54, 1.807) is 18.0 Å². The monoisotopic (exact) mass is 568 g/mol. The average molecular weight is 569 g/mol. The van der Waals surface area contributed by atoms with Crippen LogP contribution in [0.3, 0.4) is 0 Å². The molecule has 1 aromatic carbocycles. The number of nitrogens with zero attached hydrogens (tertiary/aromatic N) is 5. The van der Waals surface area contributed by atoms with Crippen LogP contribution in [0.1, 0.15) is 29.9 Å². The number of ether oxygens (including phenoxy) is 2. The number of likely N-dealkylation sites (N-methyl/N-ethyl adjacent to an activating group) is 1. The summed E-state index contributed by atoms with van der Waals surface area (Å²) in [5.41, 5.74) is 3.02.